The number of primary amides is 1. The number of fused-ring (bicyclic) bond motifs is 1. The summed E-state index contributed by atoms with van der Waals surface area (Å²) in [6.45, 7) is 1.52. The van der Waals surface area contributed by atoms with Crippen molar-refractivity contribution >= 4 is 27.8 Å². The molecule has 0 aromatic heterocycles. The highest BCUT2D eigenvalue weighted by atomic mass is 32.2. The molecule has 0 spiro atoms. The zero-order valence-electron chi connectivity index (χ0n) is 13.6. The molecule has 2 aliphatic rings. The highest BCUT2D eigenvalue weighted by molar-refractivity contribution is 7.89. The van der Waals surface area contributed by atoms with Crippen LogP contribution in [0.15, 0.2) is 23.1 Å². The summed E-state index contributed by atoms with van der Waals surface area (Å²) in [5.74, 6) is -2.96. The Balaban J connectivity index is 2.12. The number of benzene rings is 1. The molecule has 1 aliphatic heterocycles. The summed E-state index contributed by atoms with van der Waals surface area (Å²) in [7, 11) is -4.43. The molecular weight excluding hydrogens is 348 g/mol. The first kappa shape index (κ1) is 17.4. The summed E-state index contributed by atoms with van der Waals surface area (Å²) < 4.78 is 25.8. The Morgan fingerprint density at radius 2 is 1.84 bits per heavy atom. The lowest BCUT2D eigenvalue weighted by Gasteiger charge is -2.37. The molecule has 1 saturated carbocycles. The Kier molecular flexibility index (Phi) is 4.06. The van der Waals surface area contributed by atoms with Gasteiger partial charge in [0, 0.05) is 0 Å². The number of aryl methyl sites for hydroxylation is 1. The van der Waals surface area contributed by atoms with E-state index in [0.29, 0.717) is 18.4 Å². The first-order chi connectivity index (χ1) is 11.7. The molecule has 1 aliphatic carbocycles. The maximum atomic E-state index is 13.0. The molecule has 2 amide bonds. The summed E-state index contributed by atoms with van der Waals surface area (Å²) in [5.41, 5.74) is 3.93. The monoisotopic (exact) mass is 366 g/mol. The first-order valence-electron chi connectivity index (χ1n) is 7.93. The third kappa shape index (κ3) is 2.50. The van der Waals surface area contributed by atoms with Crippen molar-refractivity contribution in [3.63, 3.8) is 0 Å². The largest absolute Gasteiger partial charge is 0.369 e. The van der Waals surface area contributed by atoms with Crippen LogP contribution in [0.3, 0.4) is 0 Å². The van der Waals surface area contributed by atoms with Gasteiger partial charge in [-0.15, -0.1) is 0 Å². The molecule has 1 heterocycles. The van der Waals surface area contributed by atoms with Crippen molar-refractivity contribution in [2.75, 3.05) is 0 Å². The number of carbonyl (C=O) groups excluding carboxylic acids is 3. The zero-order chi connectivity index (χ0) is 18.4. The van der Waals surface area contributed by atoms with Crippen LogP contribution in [0.5, 0.6) is 0 Å². The van der Waals surface area contributed by atoms with Gasteiger partial charge in [-0.25, -0.2) is 4.79 Å². The van der Waals surface area contributed by atoms with Gasteiger partial charge < -0.3 is 10.6 Å². The topological polar surface area (TPSA) is 124 Å². The normalized spacial score (nSPS) is 21.2. The smallest absolute Gasteiger partial charge is 0.366 e. The van der Waals surface area contributed by atoms with Crippen molar-refractivity contribution in [3.05, 3.63) is 29.3 Å². The zero-order valence-corrected chi connectivity index (χ0v) is 14.5. The van der Waals surface area contributed by atoms with Crippen LogP contribution < -0.4 is 5.73 Å². The summed E-state index contributed by atoms with van der Waals surface area (Å²) in [4.78, 5) is 41.7. The van der Waals surface area contributed by atoms with Gasteiger partial charge >= 0.3 is 5.97 Å². The molecule has 0 unspecified atom stereocenters. The number of hydrogen-bond acceptors (Lipinski definition) is 6. The molecule has 0 saturated heterocycles. The number of hydrogen-bond donors (Lipinski definition) is 1. The van der Waals surface area contributed by atoms with Gasteiger partial charge in [0.05, 0.1) is 5.56 Å². The predicted molar refractivity (Wildman–Crippen MR) is 85.3 cm³/mol. The SMILES string of the molecule is Cc1cccc2c1S(=O)(=O)N(C(=O)C1(C(N)=O)CCCCC1)OC2=O. The van der Waals surface area contributed by atoms with Gasteiger partial charge in [0.1, 0.15) is 10.3 Å². The lowest BCUT2D eigenvalue weighted by Crippen LogP contribution is -2.55. The van der Waals surface area contributed by atoms with Gasteiger partial charge in [0.15, 0.2) is 0 Å². The van der Waals surface area contributed by atoms with Crippen LogP contribution in [0.25, 0.3) is 0 Å². The Morgan fingerprint density at radius 3 is 2.44 bits per heavy atom. The molecule has 1 aromatic rings. The minimum atomic E-state index is -4.43. The average Bonchev–Trinajstić information content (AvgIpc) is 2.57. The molecule has 2 N–H and O–H groups in total. The standard InChI is InChI=1S/C16H18N2O6S/c1-10-6-5-7-11-12(10)25(22,23)18(24-13(11)19)15(21)16(14(17)20)8-3-2-4-9-16/h5-7H,2-4,8-9H2,1H3,(H2,17,20). The Bertz CT molecular complexity index is 871. The summed E-state index contributed by atoms with van der Waals surface area (Å²) in [6.07, 6.45) is 2.20. The van der Waals surface area contributed by atoms with E-state index in [-0.39, 0.29) is 27.8 Å². The van der Waals surface area contributed by atoms with Crippen molar-refractivity contribution in [1.82, 2.24) is 4.47 Å². The Labute approximate surface area is 144 Å². The number of sulfonamides is 1. The number of nitrogens with two attached hydrogens (primary N) is 1. The maximum Gasteiger partial charge on any atom is 0.366 e. The highest BCUT2D eigenvalue weighted by Gasteiger charge is 2.54. The fraction of sp³-hybridized carbons (Fsp3) is 0.438. The van der Waals surface area contributed by atoms with E-state index >= 15 is 0 Å². The minimum Gasteiger partial charge on any atom is -0.369 e. The van der Waals surface area contributed by atoms with Gasteiger partial charge in [-0.05, 0) is 31.4 Å². The Morgan fingerprint density at radius 1 is 1.20 bits per heavy atom. The molecule has 8 nitrogen and oxygen atoms in total. The van der Waals surface area contributed by atoms with E-state index in [0.717, 1.165) is 6.42 Å². The fourth-order valence-electron chi connectivity index (χ4n) is 3.46. The number of hydroxylamine groups is 1. The minimum absolute atomic E-state index is 0.0563. The van der Waals surface area contributed by atoms with Crippen molar-refractivity contribution in [2.45, 2.75) is 43.9 Å². The van der Waals surface area contributed by atoms with E-state index in [1.54, 1.807) is 0 Å². The van der Waals surface area contributed by atoms with Crippen molar-refractivity contribution in [2.24, 2.45) is 11.1 Å². The van der Waals surface area contributed by atoms with Crippen LogP contribution in [-0.2, 0) is 24.4 Å². The van der Waals surface area contributed by atoms with Crippen LogP contribution in [0.4, 0.5) is 0 Å². The molecule has 1 aromatic carbocycles. The molecule has 3 rings (SSSR count). The molecule has 25 heavy (non-hydrogen) atoms. The molecule has 1 fully saturated rings. The lowest BCUT2D eigenvalue weighted by molar-refractivity contribution is -0.165. The van der Waals surface area contributed by atoms with Gasteiger partial charge in [-0.1, -0.05) is 35.9 Å². The second kappa shape index (κ2) is 5.83. The van der Waals surface area contributed by atoms with E-state index in [9.17, 15) is 22.8 Å². The molecular formula is C16H18N2O6S. The number of rotatable bonds is 2. The highest BCUT2D eigenvalue weighted by Crippen LogP contribution is 2.41. The third-order valence-electron chi connectivity index (χ3n) is 4.83. The van der Waals surface area contributed by atoms with E-state index in [4.69, 9.17) is 10.6 Å². The second-order valence-electron chi connectivity index (χ2n) is 6.37. The first-order valence-corrected chi connectivity index (χ1v) is 9.37. The van der Waals surface area contributed by atoms with E-state index in [1.165, 1.54) is 25.1 Å². The van der Waals surface area contributed by atoms with Crippen molar-refractivity contribution in [3.8, 4) is 0 Å². The number of amides is 2. The molecule has 134 valence electrons. The van der Waals surface area contributed by atoms with E-state index < -0.39 is 33.2 Å². The van der Waals surface area contributed by atoms with Gasteiger partial charge in [0.2, 0.25) is 5.91 Å². The number of nitrogens with zero attached hydrogens (tertiary/aromatic N) is 1. The summed E-state index contributed by atoms with van der Waals surface area (Å²) in [6, 6.07) is 4.35. The lowest BCUT2D eigenvalue weighted by atomic mass is 9.73. The van der Waals surface area contributed by atoms with E-state index in [2.05, 4.69) is 0 Å². The van der Waals surface area contributed by atoms with Crippen LogP contribution >= 0.6 is 0 Å². The summed E-state index contributed by atoms with van der Waals surface area (Å²) in [5, 5.41) is 0. The van der Waals surface area contributed by atoms with Crippen LogP contribution in [0.2, 0.25) is 0 Å². The van der Waals surface area contributed by atoms with Crippen LogP contribution in [0.1, 0.15) is 48.0 Å². The molecule has 0 bridgehead atoms. The maximum absolute atomic E-state index is 13.0. The quantitative estimate of drug-likeness (QED) is 0.780. The van der Waals surface area contributed by atoms with Crippen LogP contribution in [-0.4, -0.2) is 30.7 Å². The molecule has 0 atom stereocenters. The number of carbonyl (C=O) groups is 3. The van der Waals surface area contributed by atoms with Crippen molar-refractivity contribution in [1.29, 1.82) is 0 Å². The molecule has 0 radical (unpaired) electrons. The van der Waals surface area contributed by atoms with Crippen molar-refractivity contribution < 1.29 is 27.6 Å². The fourth-order valence-corrected chi connectivity index (χ4v) is 5.09. The molecule has 9 heteroatoms. The van der Waals surface area contributed by atoms with Gasteiger partial charge in [0.25, 0.3) is 15.9 Å². The van der Waals surface area contributed by atoms with E-state index in [1.807, 2.05) is 0 Å². The van der Waals surface area contributed by atoms with Crippen LogP contribution in [0, 0.1) is 12.3 Å². The second-order valence-corrected chi connectivity index (χ2v) is 8.06. The predicted octanol–water partition coefficient (Wildman–Crippen LogP) is 1.03. The average molecular weight is 366 g/mol. The van der Waals surface area contributed by atoms with Gasteiger partial charge in [-0.3, -0.25) is 9.59 Å². The van der Waals surface area contributed by atoms with Gasteiger partial charge in [-0.2, -0.15) is 8.42 Å². The third-order valence-corrected chi connectivity index (χ3v) is 6.56. The Hall–Kier alpha value is -2.42. The summed E-state index contributed by atoms with van der Waals surface area (Å²) >= 11 is 0.